The first-order valence-electron chi connectivity index (χ1n) is 6.87. The van der Waals surface area contributed by atoms with Crippen LogP contribution in [0, 0.1) is 15.9 Å². The summed E-state index contributed by atoms with van der Waals surface area (Å²) in [4.78, 5) is 23.7. The molecule has 7 heteroatoms. The SMILES string of the molecule is CCOC1CCCN(C(=O)c2ccc([N+](=O)[O-])c(F)c2)C1. The van der Waals surface area contributed by atoms with Gasteiger partial charge in [-0.15, -0.1) is 0 Å². The quantitative estimate of drug-likeness (QED) is 0.631. The molecule has 0 radical (unpaired) electrons. The second kappa shape index (κ2) is 6.62. The van der Waals surface area contributed by atoms with E-state index in [9.17, 15) is 19.3 Å². The van der Waals surface area contributed by atoms with Crippen LogP contribution in [0.15, 0.2) is 18.2 Å². The molecule has 1 heterocycles. The van der Waals surface area contributed by atoms with Crippen LogP contribution in [0.3, 0.4) is 0 Å². The Balaban J connectivity index is 2.12. The molecule has 6 nitrogen and oxygen atoms in total. The van der Waals surface area contributed by atoms with E-state index < -0.39 is 16.4 Å². The number of carbonyl (C=O) groups excluding carboxylic acids is 1. The molecule has 1 unspecified atom stereocenters. The molecule has 2 rings (SSSR count). The molecule has 0 aliphatic carbocycles. The molecule has 1 aromatic rings. The van der Waals surface area contributed by atoms with Crippen molar-refractivity contribution < 1.29 is 18.8 Å². The van der Waals surface area contributed by atoms with Gasteiger partial charge in [0.25, 0.3) is 5.91 Å². The van der Waals surface area contributed by atoms with Crippen LogP contribution in [0.5, 0.6) is 0 Å². The zero-order valence-electron chi connectivity index (χ0n) is 11.8. The Hall–Kier alpha value is -2.02. The molecule has 114 valence electrons. The van der Waals surface area contributed by atoms with Gasteiger partial charge in [-0.2, -0.15) is 4.39 Å². The molecule has 1 saturated heterocycles. The molecule has 1 fully saturated rings. The van der Waals surface area contributed by atoms with Gasteiger partial charge in [-0.05, 0) is 31.9 Å². The summed E-state index contributed by atoms with van der Waals surface area (Å²) in [6.45, 7) is 3.53. The third-order valence-corrected chi connectivity index (χ3v) is 3.46. The van der Waals surface area contributed by atoms with Crippen LogP contribution >= 0.6 is 0 Å². The molecule has 1 aromatic carbocycles. The highest BCUT2D eigenvalue weighted by Crippen LogP contribution is 2.21. The van der Waals surface area contributed by atoms with Crippen molar-refractivity contribution in [1.82, 2.24) is 4.90 Å². The highest BCUT2D eigenvalue weighted by atomic mass is 19.1. The van der Waals surface area contributed by atoms with Gasteiger partial charge in [0.1, 0.15) is 0 Å². The minimum Gasteiger partial charge on any atom is -0.377 e. The van der Waals surface area contributed by atoms with Gasteiger partial charge in [0.2, 0.25) is 5.82 Å². The van der Waals surface area contributed by atoms with Gasteiger partial charge in [-0.1, -0.05) is 0 Å². The molecule has 1 amide bonds. The summed E-state index contributed by atoms with van der Waals surface area (Å²) in [5.41, 5.74) is -0.507. The second-order valence-corrected chi connectivity index (χ2v) is 4.89. The van der Waals surface area contributed by atoms with Crippen molar-refractivity contribution >= 4 is 11.6 Å². The number of hydrogen-bond donors (Lipinski definition) is 0. The van der Waals surface area contributed by atoms with Gasteiger partial charge in [0, 0.05) is 31.3 Å². The van der Waals surface area contributed by atoms with Crippen molar-refractivity contribution in [2.24, 2.45) is 0 Å². The lowest BCUT2D eigenvalue weighted by atomic mass is 10.1. The number of benzene rings is 1. The molecule has 0 aromatic heterocycles. The van der Waals surface area contributed by atoms with Crippen LogP contribution in [0.1, 0.15) is 30.1 Å². The molecule has 1 atom stereocenters. The van der Waals surface area contributed by atoms with Gasteiger partial charge < -0.3 is 9.64 Å². The molecule has 0 saturated carbocycles. The van der Waals surface area contributed by atoms with Crippen LogP contribution < -0.4 is 0 Å². The standard InChI is InChI=1S/C14H17FN2O4/c1-2-21-11-4-3-7-16(9-11)14(18)10-5-6-13(17(19)20)12(15)8-10/h5-6,8,11H,2-4,7,9H2,1H3. The van der Waals surface area contributed by atoms with Gasteiger partial charge >= 0.3 is 5.69 Å². The van der Waals surface area contributed by atoms with Gasteiger partial charge in [0.05, 0.1) is 11.0 Å². The van der Waals surface area contributed by atoms with Crippen LogP contribution in [-0.4, -0.2) is 41.5 Å². The molecular weight excluding hydrogens is 279 g/mol. The van der Waals surface area contributed by atoms with E-state index in [4.69, 9.17) is 4.74 Å². The van der Waals surface area contributed by atoms with E-state index in [1.54, 1.807) is 4.90 Å². The summed E-state index contributed by atoms with van der Waals surface area (Å²) >= 11 is 0. The summed E-state index contributed by atoms with van der Waals surface area (Å²) < 4.78 is 19.1. The molecular formula is C14H17FN2O4. The number of nitro benzene ring substituents is 1. The predicted octanol–water partition coefficient (Wildman–Crippen LogP) is 2.38. The van der Waals surface area contributed by atoms with Crippen LogP contribution in [-0.2, 0) is 4.74 Å². The van der Waals surface area contributed by atoms with Crippen molar-refractivity contribution in [2.75, 3.05) is 19.7 Å². The maximum absolute atomic E-state index is 13.6. The highest BCUT2D eigenvalue weighted by Gasteiger charge is 2.26. The number of likely N-dealkylation sites (tertiary alicyclic amines) is 1. The lowest BCUT2D eigenvalue weighted by molar-refractivity contribution is -0.387. The van der Waals surface area contributed by atoms with E-state index >= 15 is 0 Å². The lowest BCUT2D eigenvalue weighted by Gasteiger charge is -2.32. The number of carbonyl (C=O) groups is 1. The van der Waals surface area contributed by atoms with Crippen molar-refractivity contribution in [2.45, 2.75) is 25.9 Å². The first-order chi connectivity index (χ1) is 10.0. The second-order valence-electron chi connectivity index (χ2n) is 4.89. The van der Waals surface area contributed by atoms with Crippen LogP contribution in [0.2, 0.25) is 0 Å². The zero-order chi connectivity index (χ0) is 15.4. The number of halogens is 1. The Morgan fingerprint density at radius 2 is 2.33 bits per heavy atom. The summed E-state index contributed by atoms with van der Waals surface area (Å²) in [5.74, 6) is -1.32. The fourth-order valence-corrected chi connectivity index (χ4v) is 2.46. The minimum absolute atomic E-state index is 0.00408. The Morgan fingerprint density at radius 3 is 2.95 bits per heavy atom. The fraction of sp³-hybridized carbons (Fsp3) is 0.500. The average Bonchev–Trinajstić information content (AvgIpc) is 2.46. The number of ether oxygens (including phenoxy) is 1. The molecule has 21 heavy (non-hydrogen) atoms. The van der Waals surface area contributed by atoms with E-state index in [1.165, 1.54) is 6.07 Å². The van der Waals surface area contributed by atoms with Gasteiger partial charge in [-0.3, -0.25) is 14.9 Å². The summed E-state index contributed by atoms with van der Waals surface area (Å²) in [7, 11) is 0. The Bertz CT molecular complexity index is 548. The number of rotatable bonds is 4. The number of amides is 1. The normalized spacial score (nSPS) is 18.6. The Kier molecular flexibility index (Phi) is 4.85. The monoisotopic (exact) mass is 296 g/mol. The first kappa shape index (κ1) is 15.4. The van der Waals surface area contributed by atoms with E-state index in [0.29, 0.717) is 19.7 Å². The van der Waals surface area contributed by atoms with Gasteiger partial charge in [0.15, 0.2) is 0 Å². The number of hydrogen-bond acceptors (Lipinski definition) is 4. The summed E-state index contributed by atoms with van der Waals surface area (Å²) in [6, 6.07) is 3.23. The number of nitro groups is 1. The molecule has 0 spiro atoms. The topological polar surface area (TPSA) is 72.7 Å². The zero-order valence-corrected chi connectivity index (χ0v) is 11.8. The van der Waals surface area contributed by atoms with Crippen molar-refractivity contribution in [3.63, 3.8) is 0 Å². The number of piperidine rings is 1. The largest absolute Gasteiger partial charge is 0.377 e. The Morgan fingerprint density at radius 1 is 1.57 bits per heavy atom. The molecule has 1 aliphatic heterocycles. The summed E-state index contributed by atoms with van der Waals surface area (Å²) in [6.07, 6.45) is 1.72. The van der Waals surface area contributed by atoms with Crippen molar-refractivity contribution in [1.29, 1.82) is 0 Å². The summed E-state index contributed by atoms with van der Waals surface area (Å²) in [5, 5.41) is 10.6. The van der Waals surface area contributed by atoms with E-state index in [1.807, 2.05) is 6.92 Å². The lowest BCUT2D eigenvalue weighted by Crippen LogP contribution is -2.43. The minimum atomic E-state index is -0.996. The maximum atomic E-state index is 13.6. The van der Waals surface area contributed by atoms with Crippen molar-refractivity contribution in [3.8, 4) is 0 Å². The van der Waals surface area contributed by atoms with E-state index in [2.05, 4.69) is 0 Å². The highest BCUT2D eigenvalue weighted by molar-refractivity contribution is 5.94. The van der Waals surface area contributed by atoms with E-state index in [0.717, 1.165) is 25.0 Å². The van der Waals surface area contributed by atoms with Crippen molar-refractivity contribution in [3.05, 3.63) is 39.7 Å². The first-order valence-corrected chi connectivity index (χ1v) is 6.87. The molecule has 1 aliphatic rings. The average molecular weight is 296 g/mol. The fourth-order valence-electron chi connectivity index (χ4n) is 2.46. The molecule has 0 N–H and O–H groups in total. The maximum Gasteiger partial charge on any atom is 0.304 e. The predicted molar refractivity (Wildman–Crippen MR) is 73.6 cm³/mol. The molecule has 0 bridgehead atoms. The Labute approximate surface area is 121 Å². The van der Waals surface area contributed by atoms with Crippen LogP contribution in [0.25, 0.3) is 0 Å². The smallest absolute Gasteiger partial charge is 0.304 e. The third-order valence-electron chi connectivity index (χ3n) is 3.46. The van der Waals surface area contributed by atoms with E-state index in [-0.39, 0.29) is 17.6 Å². The van der Waals surface area contributed by atoms with Gasteiger partial charge in [-0.25, -0.2) is 0 Å². The third kappa shape index (κ3) is 3.55. The van der Waals surface area contributed by atoms with Crippen LogP contribution in [0.4, 0.5) is 10.1 Å². The number of nitrogens with zero attached hydrogens (tertiary/aromatic N) is 2.